The Kier molecular flexibility index (Phi) is 2.69. The van der Waals surface area contributed by atoms with Gasteiger partial charge in [0.05, 0.1) is 17.9 Å². The van der Waals surface area contributed by atoms with Crippen LogP contribution in [0.5, 0.6) is 0 Å². The quantitative estimate of drug-likeness (QED) is 0.855. The van der Waals surface area contributed by atoms with Gasteiger partial charge in [0, 0.05) is 0 Å². The molecule has 88 valence electrons. The number of hydrogen-bond acceptors (Lipinski definition) is 2. The van der Waals surface area contributed by atoms with Crippen LogP contribution in [0, 0.1) is 0 Å². The summed E-state index contributed by atoms with van der Waals surface area (Å²) in [6, 6.07) is 10.8. The fourth-order valence-corrected chi connectivity index (χ4v) is 2.53. The van der Waals surface area contributed by atoms with E-state index in [-0.39, 0.29) is 0 Å². The normalized spacial score (nSPS) is 20.9. The number of aromatic nitrogens is 2. The summed E-state index contributed by atoms with van der Waals surface area (Å²) in [5.41, 5.74) is 2.31. The Morgan fingerprint density at radius 1 is 1.29 bits per heavy atom. The number of likely N-dealkylation sites (tertiary alicyclic amines) is 1. The first-order valence-electron chi connectivity index (χ1n) is 6.15. The van der Waals surface area contributed by atoms with Crippen molar-refractivity contribution in [3.05, 3.63) is 42.4 Å². The second-order valence-corrected chi connectivity index (χ2v) is 4.69. The zero-order valence-electron chi connectivity index (χ0n) is 10.1. The molecule has 17 heavy (non-hydrogen) atoms. The number of nitrogens with zero attached hydrogens (tertiary/aromatic N) is 2. The summed E-state index contributed by atoms with van der Waals surface area (Å²) in [7, 11) is 2.17. The molecule has 1 aliphatic heterocycles. The molecule has 1 atom stereocenters. The lowest BCUT2D eigenvalue weighted by molar-refractivity contribution is 0.307. The minimum atomic E-state index is 0.465. The molecule has 1 aromatic heterocycles. The van der Waals surface area contributed by atoms with Crippen LogP contribution in [0.25, 0.3) is 11.3 Å². The van der Waals surface area contributed by atoms with E-state index in [2.05, 4.69) is 46.2 Å². The summed E-state index contributed by atoms with van der Waals surface area (Å²) < 4.78 is 0. The molecule has 1 aliphatic rings. The Morgan fingerprint density at radius 2 is 2.12 bits per heavy atom. The van der Waals surface area contributed by atoms with Gasteiger partial charge in [-0.2, -0.15) is 0 Å². The van der Waals surface area contributed by atoms with Gasteiger partial charge in [0.1, 0.15) is 5.82 Å². The highest BCUT2D eigenvalue weighted by Gasteiger charge is 2.24. The molecule has 1 saturated heterocycles. The zero-order chi connectivity index (χ0) is 11.7. The van der Waals surface area contributed by atoms with Crippen LogP contribution >= 0.6 is 0 Å². The predicted octanol–water partition coefficient (Wildman–Crippen LogP) is 2.84. The second kappa shape index (κ2) is 4.34. The molecule has 1 N–H and O–H groups in total. The summed E-state index contributed by atoms with van der Waals surface area (Å²) in [4.78, 5) is 10.3. The van der Waals surface area contributed by atoms with E-state index in [4.69, 9.17) is 0 Å². The molecule has 0 amide bonds. The SMILES string of the molecule is CN1CCCC1c1ncc(-c2ccccc2)[nH]1. The average molecular weight is 227 g/mol. The largest absolute Gasteiger partial charge is 0.341 e. The first kappa shape index (κ1) is 10.5. The van der Waals surface area contributed by atoms with Crippen LogP contribution in [0.1, 0.15) is 24.7 Å². The summed E-state index contributed by atoms with van der Waals surface area (Å²) in [6.45, 7) is 1.17. The highest BCUT2D eigenvalue weighted by Crippen LogP contribution is 2.29. The maximum absolute atomic E-state index is 4.53. The van der Waals surface area contributed by atoms with E-state index in [1.54, 1.807) is 0 Å². The van der Waals surface area contributed by atoms with Gasteiger partial charge in [-0.15, -0.1) is 0 Å². The van der Waals surface area contributed by atoms with Crippen molar-refractivity contribution in [1.29, 1.82) is 0 Å². The second-order valence-electron chi connectivity index (χ2n) is 4.69. The van der Waals surface area contributed by atoms with Crippen molar-refractivity contribution in [1.82, 2.24) is 14.9 Å². The third-order valence-corrected chi connectivity index (χ3v) is 3.52. The third-order valence-electron chi connectivity index (χ3n) is 3.52. The van der Waals surface area contributed by atoms with Gasteiger partial charge in [-0.1, -0.05) is 30.3 Å². The standard InChI is InChI=1S/C14H17N3/c1-17-9-5-8-13(17)14-15-10-12(16-14)11-6-3-2-4-7-11/h2-4,6-7,10,13H,5,8-9H2,1H3,(H,15,16). The average Bonchev–Trinajstić information content (AvgIpc) is 2.98. The van der Waals surface area contributed by atoms with Crippen molar-refractivity contribution in [2.24, 2.45) is 0 Å². The molecule has 2 heterocycles. The summed E-state index contributed by atoms with van der Waals surface area (Å²) in [6.07, 6.45) is 4.41. The molecule has 3 rings (SSSR count). The van der Waals surface area contributed by atoms with Gasteiger partial charge < -0.3 is 4.98 Å². The first-order chi connectivity index (χ1) is 8.34. The maximum atomic E-state index is 4.53. The zero-order valence-corrected chi connectivity index (χ0v) is 10.1. The van der Waals surface area contributed by atoms with Crippen molar-refractivity contribution >= 4 is 0 Å². The molecule has 0 aliphatic carbocycles. The first-order valence-corrected chi connectivity index (χ1v) is 6.15. The Morgan fingerprint density at radius 3 is 2.82 bits per heavy atom. The lowest BCUT2D eigenvalue weighted by atomic mass is 10.2. The van der Waals surface area contributed by atoms with Gasteiger partial charge in [-0.05, 0) is 32.0 Å². The van der Waals surface area contributed by atoms with Gasteiger partial charge in [0.15, 0.2) is 0 Å². The minimum Gasteiger partial charge on any atom is -0.341 e. The molecular weight excluding hydrogens is 210 g/mol. The number of imidazole rings is 1. The molecule has 0 bridgehead atoms. The van der Waals surface area contributed by atoms with Crippen LogP contribution in [0.3, 0.4) is 0 Å². The maximum Gasteiger partial charge on any atom is 0.123 e. The molecule has 1 unspecified atom stereocenters. The number of hydrogen-bond donors (Lipinski definition) is 1. The predicted molar refractivity (Wildman–Crippen MR) is 68.6 cm³/mol. The van der Waals surface area contributed by atoms with E-state index in [0.29, 0.717) is 6.04 Å². The highest BCUT2D eigenvalue weighted by molar-refractivity contribution is 5.58. The van der Waals surface area contributed by atoms with Crippen molar-refractivity contribution in [2.45, 2.75) is 18.9 Å². The summed E-state index contributed by atoms with van der Waals surface area (Å²) in [5, 5.41) is 0. The molecule has 0 saturated carbocycles. The molecule has 1 fully saturated rings. The number of aromatic amines is 1. The van der Waals surface area contributed by atoms with E-state index in [9.17, 15) is 0 Å². The van der Waals surface area contributed by atoms with Gasteiger partial charge >= 0.3 is 0 Å². The Labute approximate surface area is 101 Å². The van der Waals surface area contributed by atoms with Gasteiger partial charge in [-0.25, -0.2) is 4.98 Å². The van der Waals surface area contributed by atoms with E-state index in [1.807, 2.05) is 12.3 Å². The van der Waals surface area contributed by atoms with Crippen molar-refractivity contribution in [2.75, 3.05) is 13.6 Å². The molecule has 0 spiro atoms. The summed E-state index contributed by atoms with van der Waals surface area (Å²) in [5.74, 6) is 1.10. The van der Waals surface area contributed by atoms with Crippen LogP contribution in [0.15, 0.2) is 36.5 Å². The van der Waals surface area contributed by atoms with Crippen molar-refractivity contribution in [3.8, 4) is 11.3 Å². The number of benzene rings is 1. The van der Waals surface area contributed by atoms with E-state index in [1.165, 1.54) is 24.9 Å². The van der Waals surface area contributed by atoms with E-state index >= 15 is 0 Å². The lowest BCUT2D eigenvalue weighted by Crippen LogP contribution is -2.18. The Balaban J connectivity index is 1.88. The smallest absolute Gasteiger partial charge is 0.123 e. The van der Waals surface area contributed by atoms with Gasteiger partial charge in [-0.3, -0.25) is 4.90 Å². The van der Waals surface area contributed by atoms with Crippen LogP contribution in [-0.4, -0.2) is 28.5 Å². The fourth-order valence-electron chi connectivity index (χ4n) is 2.53. The minimum absolute atomic E-state index is 0.465. The number of nitrogens with one attached hydrogen (secondary N) is 1. The van der Waals surface area contributed by atoms with Crippen LogP contribution in [0.2, 0.25) is 0 Å². The van der Waals surface area contributed by atoms with Crippen molar-refractivity contribution < 1.29 is 0 Å². The highest BCUT2D eigenvalue weighted by atomic mass is 15.2. The van der Waals surface area contributed by atoms with Gasteiger partial charge in [0.2, 0.25) is 0 Å². The molecule has 0 radical (unpaired) electrons. The van der Waals surface area contributed by atoms with Crippen LogP contribution in [-0.2, 0) is 0 Å². The van der Waals surface area contributed by atoms with E-state index in [0.717, 1.165) is 11.5 Å². The molecule has 1 aromatic carbocycles. The lowest BCUT2D eigenvalue weighted by Gasteiger charge is -2.16. The summed E-state index contributed by atoms with van der Waals surface area (Å²) >= 11 is 0. The van der Waals surface area contributed by atoms with Crippen LogP contribution < -0.4 is 0 Å². The third kappa shape index (κ3) is 1.98. The molecule has 3 heteroatoms. The molecular formula is C14H17N3. The van der Waals surface area contributed by atoms with Crippen molar-refractivity contribution in [3.63, 3.8) is 0 Å². The number of H-pyrrole nitrogens is 1. The van der Waals surface area contributed by atoms with E-state index < -0.39 is 0 Å². The molecule has 2 aromatic rings. The number of rotatable bonds is 2. The molecule has 3 nitrogen and oxygen atoms in total. The fraction of sp³-hybridized carbons (Fsp3) is 0.357. The monoisotopic (exact) mass is 227 g/mol. The Bertz CT molecular complexity index is 489. The topological polar surface area (TPSA) is 31.9 Å². The van der Waals surface area contributed by atoms with Gasteiger partial charge in [0.25, 0.3) is 0 Å². The Hall–Kier alpha value is -1.61. The van der Waals surface area contributed by atoms with Crippen LogP contribution in [0.4, 0.5) is 0 Å².